The van der Waals surface area contributed by atoms with Gasteiger partial charge in [-0.3, -0.25) is 0 Å². The van der Waals surface area contributed by atoms with Crippen molar-refractivity contribution in [1.29, 1.82) is 0 Å². The highest BCUT2D eigenvalue weighted by Gasteiger charge is 2.33. The molecule has 0 saturated carbocycles. The Kier molecular flexibility index (Phi) is 2.70. The maximum atomic E-state index is 10.0. The number of ether oxygens (including phenoxy) is 1. The lowest BCUT2D eigenvalue weighted by Gasteiger charge is -2.13. The number of aliphatic hydroxyl groups is 1. The van der Waals surface area contributed by atoms with Crippen LogP contribution in [0, 0.1) is 0 Å². The highest BCUT2D eigenvalue weighted by Crippen LogP contribution is 2.42. The van der Waals surface area contributed by atoms with Gasteiger partial charge in [0.1, 0.15) is 18.0 Å². The molecule has 1 aliphatic heterocycles. The van der Waals surface area contributed by atoms with E-state index in [1.165, 1.54) is 5.56 Å². The second kappa shape index (κ2) is 3.86. The average Bonchev–Trinajstić information content (AvgIpc) is 2.55. The second-order valence-corrected chi connectivity index (χ2v) is 4.43. The minimum absolute atomic E-state index is 0.0695. The second-order valence-electron chi connectivity index (χ2n) is 4.43. The smallest absolute Gasteiger partial charge is 0.129 e. The van der Waals surface area contributed by atoms with Gasteiger partial charge >= 0.3 is 0 Å². The van der Waals surface area contributed by atoms with Crippen molar-refractivity contribution >= 4 is 0 Å². The summed E-state index contributed by atoms with van der Waals surface area (Å²) >= 11 is 0. The van der Waals surface area contributed by atoms with Gasteiger partial charge in [-0.05, 0) is 17.9 Å². The Bertz CT molecular complexity index is 358. The van der Waals surface area contributed by atoms with Crippen LogP contribution in [0.1, 0.15) is 50.3 Å². The van der Waals surface area contributed by atoms with Crippen LogP contribution in [-0.4, -0.2) is 11.2 Å². The number of hydrogen-bond donors (Lipinski definition) is 1. The van der Waals surface area contributed by atoms with Crippen LogP contribution in [0.25, 0.3) is 0 Å². The molecule has 0 radical (unpaired) electrons. The number of fused-ring (bicyclic) bond motifs is 1. The molecule has 1 aromatic carbocycles. The van der Waals surface area contributed by atoms with Crippen molar-refractivity contribution < 1.29 is 9.84 Å². The van der Waals surface area contributed by atoms with Crippen LogP contribution in [0.4, 0.5) is 0 Å². The van der Waals surface area contributed by atoms with E-state index in [-0.39, 0.29) is 6.10 Å². The molecule has 0 fully saturated rings. The van der Waals surface area contributed by atoms with Crippen molar-refractivity contribution in [3.8, 4) is 5.75 Å². The van der Waals surface area contributed by atoms with Crippen LogP contribution in [-0.2, 0) is 0 Å². The van der Waals surface area contributed by atoms with E-state index in [4.69, 9.17) is 4.74 Å². The van der Waals surface area contributed by atoms with Crippen LogP contribution in [0.5, 0.6) is 5.75 Å². The van der Waals surface area contributed by atoms with Gasteiger partial charge in [-0.2, -0.15) is 0 Å². The summed E-state index contributed by atoms with van der Waals surface area (Å²) in [6.07, 6.45) is 0.316. The summed E-state index contributed by atoms with van der Waals surface area (Å²) in [4.78, 5) is 0. The van der Waals surface area contributed by atoms with Gasteiger partial charge in [-0.15, -0.1) is 0 Å². The highest BCUT2D eigenvalue weighted by molar-refractivity contribution is 5.47. The van der Waals surface area contributed by atoms with Gasteiger partial charge < -0.3 is 9.84 Å². The van der Waals surface area contributed by atoms with E-state index in [1.807, 2.05) is 19.1 Å². The lowest BCUT2D eigenvalue weighted by Crippen LogP contribution is -2.16. The Morgan fingerprint density at radius 3 is 2.73 bits per heavy atom. The molecule has 1 N–H and O–H groups in total. The van der Waals surface area contributed by atoms with Crippen molar-refractivity contribution in [2.45, 2.75) is 45.3 Å². The fourth-order valence-corrected chi connectivity index (χ4v) is 2.12. The fourth-order valence-electron chi connectivity index (χ4n) is 2.12. The Hall–Kier alpha value is -1.02. The largest absolute Gasteiger partial charge is 0.487 e. The van der Waals surface area contributed by atoms with Crippen LogP contribution in [0.2, 0.25) is 0 Å². The summed E-state index contributed by atoms with van der Waals surface area (Å²) in [6, 6.07) is 6.04. The van der Waals surface area contributed by atoms with Crippen molar-refractivity contribution in [1.82, 2.24) is 0 Å². The number of benzene rings is 1. The molecule has 0 spiro atoms. The SMILES string of the molecule is CCC1Oc2c(C(C)C)cccc2C1O. The molecular formula is C13H18O2. The first kappa shape index (κ1) is 10.5. The Morgan fingerprint density at radius 2 is 2.13 bits per heavy atom. The Morgan fingerprint density at radius 1 is 1.40 bits per heavy atom. The lowest BCUT2D eigenvalue weighted by molar-refractivity contribution is 0.0649. The normalized spacial score (nSPS) is 24.1. The molecule has 1 aliphatic rings. The number of hydrogen-bond acceptors (Lipinski definition) is 2. The quantitative estimate of drug-likeness (QED) is 0.806. The van der Waals surface area contributed by atoms with Gasteiger partial charge in [0, 0.05) is 5.56 Å². The summed E-state index contributed by atoms with van der Waals surface area (Å²) < 4.78 is 5.81. The third-order valence-corrected chi connectivity index (χ3v) is 3.04. The van der Waals surface area contributed by atoms with Crippen molar-refractivity contribution in [3.05, 3.63) is 29.3 Å². The molecule has 82 valence electrons. The molecule has 2 heteroatoms. The average molecular weight is 206 g/mol. The molecule has 2 nitrogen and oxygen atoms in total. The predicted molar refractivity (Wildman–Crippen MR) is 60.2 cm³/mol. The van der Waals surface area contributed by atoms with Crippen molar-refractivity contribution in [3.63, 3.8) is 0 Å². The van der Waals surface area contributed by atoms with Gasteiger partial charge in [0.2, 0.25) is 0 Å². The van der Waals surface area contributed by atoms with E-state index in [0.29, 0.717) is 5.92 Å². The van der Waals surface area contributed by atoms with Crippen LogP contribution < -0.4 is 4.74 Å². The first-order chi connectivity index (χ1) is 7.15. The number of rotatable bonds is 2. The van der Waals surface area contributed by atoms with E-state index < -0.39 is 6.10 Å². The molecule has 2 rings (SSSR count). The third kappa shape index (κ3) is 1.63. The summed E-state index contributed by atoms with van der Waals surface area (Å²) in [6.45, 7) is 6.32. The summed E-state index contributed by atoms with van der Waals surface area (Å²) in [7, 11) is 0. The first-order valence-electron chi connectivity index (χ1n) is 5.62. The number of aliphatic hydroxyl groups excluding tert-OH is 1. The van der Waals surface area contributed by atoms with Gasteiger partial charge in [0.15, 0.2) is 0 Å². The molecule has 0 bridgehead atoms. The topological polar surface area (TPSA) is 29.5 Å². The van der Waals surface area contributed by atoms with Crippen LogP contribution >= 0.6 is 0 Å². The van der Waals surface area contributed by atoms with Crippen LogP contribution in [0.15, 0.2) is 18.2 Å². The van der Waals surface area contributed by atoms with Crippen molar-refractivity contribution in [2.24, 2.45) is 0 Å². The van der Waals surface area contributed by atoms with E-state index in [9.17, 15) is 5.11 Å². The third-order valence-electron chi connectivity index (χ3n) is 3.04. The van der Waals surface area contributed by atoms with E-state index in [1.54, 1.807) is 0 Å². The zero-order chi connectivity index (χ0) is 11.0. The fraction of sp³-hybridized carbons (Fsp3) is 0.538. The first-order valence-corrected chi connectivity index (χ1v) is 5.62. The molecule has 2 unspecified atom stereocenters. The lowest BCUT2D eigenvalue weighted by atomic mass is 9.97. The van der Waals surface area contributed by atoms with E-state index in [0.717, 1.165) is 17.7 Å². The number of para-hydroxylation sites is 1. The molecule has 1 heterocycles. The maximum absolute atomic E-state index is 10.0. The maximum Gasteiger partial charge on any atom is 0.129 e. The van der Waals surface area contributed by atoms with Gasteiger partial charge in [-0.1, -0.05) is 39.0 Å². The monoisotopic (exact) mass is 206 g/mol. The zero-order valence-electron chi connectivity index (χ0n) is 9.53. The van der Waals surface area contributed by atoms with Gasteiger partial charge in [0.25, 0.3) is 0 Å². The highest BCUT2D eigenvalue weighted by atomic mass is 16.5. The Labute approximate surface area is 90.9 Å². The molecule has 2 atom stereocenters. The minimum atomic E-state index is -0.455. The molecule has 15 heavy (non-hydrogen) atoms. The molecule has 0 aromatic heterocycles. The van der Waals surface area contributed by atoms with Gasteiger partial charge in [0.05, 0.1) is 0 Å². The summed E-state index contributed by atoms with van der Waals surface area (Å²) in [5.74, 6) is 1.34. The molecular weight excluding hydrogens is 188 g/mol. The molecule has 0 saturated heterocycles. The summed E-state index contributed by atoms with van der Waals surface area (Å²) in [5.41, 5.74) is 2.15. The Balaban J connectivity index is 2.44. The van der Waals surface area contributed by atoms with Crippen molar-refractivity contribution in [2.75, 3.05) is 0 Å². The minimum Gasteiger partial charge on any atom is -0.487 e. The van der Waals surface area contributed by atoms with Gasteiger partial charge in [-0.25, -0.2) is 0 Å². The molecule has 0 aliphatic carbocycles. The standard InChI is InChI=1S/C13H18O2/c1-4-11-12(14)10-7-5-6-9(8(2)3)13(10)15-11/h5-8,11-12,14H,4H2,1-3H3. The van der Waals surface area contributed by atoms with Crippen LogP contribution in [0.3, 0.4) is 0 Å². The van der Waals surface area contributed by atoms with E-state index in [2.05, 4.69) is 19.9 Å². The molecule has 1 aromatic rings. The zero-order valence-corrected chi connectivity index (χ0v) is 9.53. The van der Waals surface area contributed by atoms with E-state index >= 15 is 0 Å². The molecule has 0 amide bonds. The summed E-state index contributed by atoms with van der Waals surface area (Å²) in [5, 5.41) is 10.0. The predicted octanol–water partition coefficient (Wildman–Crippen LogP) is 3.01.